The summed E-state index contributed by atoms with van der Waals surface area (Å²) in [6.07, 6.45) is 1.41. The number of hydrogen-bond donors (Lipinski definition) is 1. The van der Waals surface area contributed by atoms with Crippen molar-refractivity contribution in [3.8, 4) is 0 Å². The number of thioether (sulfide) groups is 1. The van der Waals surface area contributed by atoms with E-state index in [1.165, 1.54) is 22.9 Å². The van der Waals surface area contributed by atoms with Crippen LogP contribution in [0.25, 0.3) is 0 Å². The summed E-state index contributed by atoms with van der Waals surface area (Å²) in [5, 5.41) is 8.84. The summed E-state index contributed by atoms with van der Waals surface area (Å²) in [6, 6.07) is 2.65. The third-order valence-electron chi connectivity index (χ3n) is 2.22. The molecule has 1 atom stereocenters. The molecular formula is C11H15NO3S. The topological polar surface area (TPSA) is 59.3 Å². The van der Waals surface area contributed by atoms with Gasteiger partial charge in [0, 0.05) is 24.1 Å². The standard InChI is InChI=1S/C11H15NO3S/c1-3-16-7-8(2)12-6-9(11(14)15)4-5-10(12)13/h4-6,8H,3,7H2,1-2H3,(H,14,15). The molecule has 16 heavy (non-hydrogen) atoms. The van der Waals surface area contributed by atoms with Gasteiger partial charge in [-0.15, -0.1) is 0 Å². The first-order valence-corrected chi connectivity index (χ1v) is 6.25. The van der Waals surface area contributed by atoms with Gasteiger partial charge in [-0.05, 0) is 18.7 Å². The Kier molecular flexibility index (Phi) is 4.61. The molecule has 88 valence electrons. The lowest BCUT2D eigenvalue weighted by Crippen LogP contribution is -2.24. The molecule has 1 heterocycles. The van der Waals surface area contributed by atoms with Crippen molar-refractivity contribution in [2.75, 3.05) is 11.5 Å². The third-order valence-corrected chi connectivity index (χ3v) is 3.35. The largest absolute Gasteiger partial charge is 0.478 e. The van der Waals surface area contributed by atoms with Gasteiger partial charge in [0.1, 0.15) is 0 Å². The van der Waals surface area contributed by atoms with Gasteiger partial charge >= 0.3 is 5.97 Å². The zero-order valence-corrected chi connectivity index (χ0v) is 10.2. The minimum Gasteiger partial charge on any atom is -0.478 e. The molecule has 4 nitrogen and oxygen atoms in total. The monoisotopic (exact) mass is 241 g/mol. The van der Waals surface area contributed by atoms with Crippen molar-refractivity contribution in [1.29, 1.82) is 0 Å². The van der Waals surface area contributed by atoms with E-state index < -0.39 is 5.97 Å². The Labute approximate surface area is 98.3 Å². The number of carboxylic acid groups (broad SMARTS) is 1. The van der Waals surface area contributed by atoms with Crippen LogP contribution in [0.3, 0.4) is 0 Å². The first kappa shape index (κ1) is 12.8. The van der Waals surface area contributed by atoms with E-state index in [4.69, 9.17) is 5.11 Å². The molecular weight excluding hydrogens is 226 g/mol. The fraction of sp³-hybridized carbons (Fsp3) is 0.455. The maximum atomic E-state index is 11.6. The smallest absolute Gasteiger partial charge is 0.337 e. The molecule has 0 saturated heterocycles. The number of carboxylic acids is 1. The van der Waals surface area contributed by atoms with Gasteiger partial charge < -0.3 is 9.67 Å². The van der Waals surface area contributed by atoms with Crippen LogP contribution in [0, 0.1) is 0 Å². The van der Waals surface area contributed by atoms with Gasteiger partial charge in [0.05, 0.1) is 5.56 Å². The van der Waals surface area contributed by atoms with Crippen molar-refractivity contribution in [2.24, 2.45) is 0 Å². The molecule has 0 aliphatic heterocycles. The first-order chi connectivity index (χ1) is 7.56. The third kappa shape index (κ3) is 3.13. The van der Waals surface area contributed by atoms with Crippen LogP contribution in [0.15, 0.2) is 23.1 Å². The van der Waals surface area contributed by atoms with Crippen LogP contribution in [-0.2, 0) is 0 Å². The lowest BCUT2D eigenvalue weighted by molar-refractivity contribution is 0.0695. The maximum absolute atomic E-state index is 11.6. The fourth-order valence-electron chi connectivity index (χ4n) is 1.34. The van der Waals surface area contributed by atoms with Crippen LogP contribution < -0.4 is 5.56 Å². The van der Waals surface area contributed by atoms with Gasteiger partial charge in [-0.1, -0.05) is 6.92 Å². The first-order valence-electron chi connectivity index (χ1n) is 5.09. The lowest BCUT2D eigenvalue weighted by Gasteiger charge is -2.14. The Morgan fingerprint density at radius 3 is 2.81 bits per heavy atom. The predicted octanol–water partition coefficient (Wildman–Crippen LogP) is 1.86. The number of aromatic carboxylic acids is 1. The second-order valence-corrected chi connectivity index (χ2v) is 4.80. The van der Waals surface area contributed by atoms with E-state index in [2.05, 4.69) is 0 Å². The Morgan fingerprint density at radius 2 is 2.25 bits per heavy atom. The highest BCUT2D eigenvalue weighted by Gasteiger charge is 2.09. The Morgan fingerprint density at radius 1 is 1.56 bits per heavy atom. The zero-order chi connectivity index (χ0) is 12.1. The average Bonchev–Trinajstić information content (AvgIpc) is 2.26. The van der Waals surface area contributed by atoms with Gasteiger partial charge in [-0.2, -0.15) is 11.8 Å². The summed E-state index contributed by atoms with van der Waals surface area (Å²) < 4.78 is 1.48. The minimum absolute atomic E-state index is 0.0109. The molecule has 1 aromatic rings. The van der Waals surface area contributed by atoms with Crippen molar-refractivity contribution in [1.82, 2.24) is 4.57 Å². The number of nitrogens with zero attached hydrogens (tertiary/aromatic N) is 1. The van der Waals surface area contributed by atoms with Gasteiger partial charge in [-0.3, -0.25) is 4.79 Å². The molecule has 0 fully saturated rings. The summed E-state index contributed by atoms with van der Waals surface area (Å²) >= 11 is 1.73. The second kappa shape index (κ2) is 5.75. The van der Waals surface area contributed by atoms with Crippen molar-refractivity contribution in [2.45, 2.75) is 19.9 Å². The highest BCUT2D eigenvalue weighted by atomic mass is 32.2. The van der Waals surface area contributed by atoms with Crippen molar-refractivity contribution >= 4 is 17.7 Å². The van der Waals surface area contributed by atoms with Crippen LogP contribution in [0.4, 0.5) is 0 Å². The summed E-state index contributed by atoms with van der Waals surface area (Å²) in [6.45, 7) is 3.96. The molecule has 0 aliphatic carbocycles. The number of pyridine rings is 1. The number of carbonyl (C=O) groups is 1. The van der Waals surface area contributed by atoms with Crippen LogP contribution >= 0.6 is 11.8 Å². The molecule has 1 unspecified atom stereocenters. The predicted molar refractivity (Wildman–Crippen MR) is 65.4 cm³/mol. The summed E-state index contributed by atoms with van der Waals surface area (Å²) in [5.41, 5.74) is -0.0119. The molecule has 0 spiro atoms. The quantitative estimate of drug-likeness (QED) is 0.854. The molecule has 1 aromatic heterocycles. The maximum Gasteiger partial charge on any atom is 0.337 e. The highest BCUT2D eigenvalue weighted by molar-refractivity contribution is 7.99. The van der Waals surface area contributed by atoms with Crippen LogP contribution in [-0.4, -0.2) is 27.1 Å². The van der Waals surface area contributed by atoms with E-state index >= 15 is 0 Å². The van der Waals surface area contributed by atoms with Crippen molar-refractivity contribution < 1.29 is 9.90 Å². The van der Waals surface area contributed by atoms with E-state index in [9.17, 15) is 9.59 Å². The van der Waals surface area contributed by atoms with E-state index in [1.54, 1.807) is 11.8 Å². The molecule has 1 rings (SSSR count). The molecule has 5 heteroatoms. The average molecular weight is 241 g/mol. The number of hydrogen-bond acceptors (Lipinski definition) is 3. The Balaban J connectivity index is 2.97. The Hall–Kier alpha value is -1.23. The normalized spacial score (nSPS) is 12.4. The molecule has 0 aliphatic rings. The van der Waals surface area contributed by atoms with Gasteiger partial charge in [0.2, 0.25) is 0 Å². The van der Waals surface area contributed by atoms with Crippen LogP contribution in [0.2, 0.25) is 0 Å². The summed E-state index contributed by atoms with van der Waals surface area (Å²) in [5.74, 6) is 0.779. The SMILES string of the molecule is CCSCC(C)n1cc(C(=O)O)ccc1=O. The molecule has 0 aromatic carbocycles. The number of rotatable bonds is 5. The molecule has 1 N–H and O–H groups in total. The van der Waals surface area contributed by atoms with E-state index in [0.29, 0.717) is 0 Å². The van der Waals surface area contributed by atoms with Crippen LogP contribution in [0.5, 0.6) is 0 Å². The molecule has 0 saturated carbocycles. The fourth-order valence-corrected chi connectivity index (χ4v) is 2.08. The molecule has 0 amide bonds. The lowest BCUT2D eigenvalue weighted by atomic mass is 10.2. The summed E-state index contributed by atoms with van der Waals surface area (Å²) in [7, 11) is 0. The zero-order valence-electron chi connectivity index (χ0n) is 9.34. The van der Waals surface area contributed by atoms with Crippen molar-refractivity contribution in [3.63, 3.8) is 0 Å². The van der Waals surface area contributed by atoms with E-state index in [1.807, 2.05) is 13.8 Å². The van der Waals surface area contributed by atoms with E-state index in [-0.39, 0.29) is 17.2 Å². The van der Waals surface area contributed by atoms with Gasteiger partial charge in [0.15, 0.2) is 0 Å². The van der Waals surface area contributed by atoms with Gasteiger partial charge in [0.25, 0.3) is 5.56 Å². The van der Waals surface area contributed by atoms with E-state index in [0.717, 1.165) is 11.5 Å². The van der Waals surface area contributed by atoms with Gasteiger partial charge in [-0.25, -0.2) is 4.79 Å². The van der Waals surface area contributed by atoms with Crippen molar-refractivity contribution in [3.05, 3.63) is 34.2 Å². The summed E-state index contributed by atoms with van der Waals surface area (Å²) in [4.78, 5) is 22.3. The second-order valence-electron chi connectivity index (χ2n) is 3.48. The molecule has 0 bridgehead atoms. The molecule has 0 radical (unpaired) electrons. The van der Waals surface area contributed by atoms with Crippen LogP contribution in [0.1, 0.15) is 30.2 Å². The number of aromatic nitrogens is 1. The Bertz CT molecular complexity index is 427. The highest BCUT2D eigenvalue weighted by Crippen LogP contribution is 2.12. The minimum atomic E-state index is -1.01.